The molecule has 0 aliphatic heterocycles. The molecule has 0 spiro atoms. The molecule has 0 aliphatic carbocycles. The van der Waals surface area contributed by atoms with E-state index in [1.54, 1.807) is 6.07 Å². The molecule has 0 radical (unpaired) electrons. The zero-order valence-corrected chi connectivity index (χ0v) is 10.4. The van der Waals surface area contributed by atoms with E-state index in [9.17, 15) is 9.90 Å². The topological polar surface area (TPSA) is 69.6 Å². The van der Waals surface area contributed by atoms with Gasteiger partial charge in [0.2, 0.25) is 5.91 Å². The summed E-state index contributed by atoms with van der Waals surface area (Å²) >= 11 is 5.89. The molecule has 0 fully saturated rings. The largest absolute Gasteiger partial charge is 0.508 e. The predicted octanol–water partition coefficient (Wildman–Crippen LogP) is 1.48. The molecule has 0 saturated heterocycles. The molecule has 0 aliphatic rings. The Bertz CT molecular complexity index is 395. The Balaban J connectivity index is 2.56. The Morgan fingerprint density at radius 2 is 2.24 bits per heavy atom. The highest BCUT2D eigenvalue weighted by Gasteiger charge is 2.10. The maximum absolute atomic E-state index is 11.6. The highest BCUT2D eigenvalue weighted by atomic mass is 35.5. The van der Waals surface area contributed by atoms with E-state index in [1.165, 1.54) is 12.1 Å². The van der Waals surface area contributed by atoms with Gasteiger partial charge in [0, 0.05) is 17.7 Å². The molecule has 1 aromatic rings. The van der Waals surface area contributed by atoms with Gasteiger partial charge >= 0.3 is 0 Å². The van der Waals surface area contributed by atoms with Gasteiger partial charge in [0.25, 0.3) is 0 Å². The van der Waals surface area contributed by atoms with Crippen LogP contribution in [0.15, 0.2) is 18.2 Å². The molecule has 17 heavy (non-hydrogen) atoms. The van der Waals surface area contributed by atoms with Crippen LogP contribution in [0.4, 0.5) is 0 Å². The molecule has 3 N–H and O–H groups in total. The Morgan fingerprint density at radius 1 is 1.53 bits per heavy atom. The number of halogens is 1. The van der Waals surface area contributed by atoms with Crippen molar-refractivity contribution in [3.63, 3.8) is 0 Å². The number of aliphatic hydroxyl groups excluding tert-OH is 1. The quantitative estimate of drug-likeness (QED) is 0.748. The van der Waals surface area contributed by atoms with Crippen LogP contribution >= 0.6 is 11.6 Å². The molecule has 1 amide bonds. The molecule has 1 atom stereocenters. The number of hydrogen-bond donors (Lipinski definition) is 3. The van der Waals surface area contributed by atoms with E-state index >= 15 is 0 Å². The zero-order valence-electron chi connectivity index (χ0n) is 9.61. The lowest BCUT2D eigenvalue weighted by Crippen LogP contribution is -2.34. The van der Waals surface area contributed by atoms with Crippen LogP contribution in [-0.4, -0.2) is 28.8 Å². The van der Waals surface area contributed by atoms with Gasteiger partial charge in [0.1, 0.15) is 5.75 Å². The number of rotatable bonds is 5. The average Bonchev–Trinajstić information content (AvgIpc) is 2.22. The fourth-order valence-corrected chi connectivity index (χ4v) is 1.69. The second-order valence-electron chi connectivity index (χ2n) is 3.93. The van der Waals surface area contributed by atoms with Gasteiger partial charge < -0.3 is 15.5 Å². The van der Waals surface area contributed by atoms with Crippen molar-refractivity contribution in [3.05, 3.63) is 28.8 Å². The number of aliphatic hydroxyl groups is 1. The maximum atomic E-state index is 11.6. The van der Waals surface area contributed by atoms with Crippen molar-refractivity contribution in [2.24, 2.45) is 0 Å². The molecule has 1 aromatic carbocycles. The average molecular weight is 258 g/mol. The first kappa shape index (κ1) is 13.8. The van der Waals surface area contributed by atoms with Crippen molar-refractivity contribution in [3.8, 4) is 5.75 Å². The third kappa shape index (κ3) is 4.63. The molecule has 0 aromatic heterocycles. The van der Waals surface area contributed by atoms with Crippen LogP contribution < -0.4 is 5.32 Å². The summed E-state index contributed by atoms with van der Waals surface area (Å²) in [4.78, 5) is 11.6. The summed E-state index contributed by atoms with van der Waals surface area (Å²) in [6.45, 7) is 1.87. The van der Waals surface area contributed by atoms with Crippen LogP contribution in [0.25, 0.3) is 0 Å². The number of benzene rings is 1. The molecule has 0 heterocycles. The van der Waals surface area contributed by atoms with Crippen molar-refractivity contribution >= 4 is 17.5 Å². The number of hydrogen-bond acceptors (Lipinski definition) is 3. The van der Waals surface area contributed by atoms with E-state index in [0.717, 1.165) is 0 Å². The Kier molecular flexibility index (Phi) is 5.25. The number of phenolic OH excluding ortho intramolecular Hbond substituents is 1. The van der Waals surface area contributed by atoms with Crippen molar-refractivity contribution in [2.45, 2.75) is 25.8 Å². The van der Waals surface area contributed by atoms with Gasteiger partial charge in [-0.05, 0) is 31.0 Å². The minimum absolute atomic E-state index is 0.0431. The lowest BCUT2D eigenvalue weighted by atomic mass is 10.1. The zero-order chi connectivity index (χ0) is 12.8. The second kappa shape index (κ2) is 6.47. The molecule has 94 valence electrons. The first-order valence-corrected chi connectivity index (χ1v) is 5.78. The summed E-state index contributed by atoms with van der Waals surface area (Å²) in [7, 11) is 0. The van der Waals surface area contributed by atoms with E-state index in [2.05, 4.69) is 5.32 Å². The first-order valence-electron chi connectivity index (χ1n) is 5.40. The minimum Gasteiger partial charge on any atom is -0.508 e. The highest BCUT2D eigenvalue weighted by molar-refractivity contribution is 6.31. The number of aromatic hydroxyl groups is 1. The van der Waals surface area contributed by atoms with Gasteiger partial charge in [-0.25, -0.2) is 0 Å². The van der Waals surface area contributed by atoms with Crippen molar-refractivity contribution in [1.29, 1.82) is 0 Å². The van der Waals surface area contributed by atoms with Gasteiger partial charge in [-0.15, -0.1) is 0 Å². The number of carbonyl (C=O) groups excluding carboxylic acids is 1. The maximum Gasteiger partial charge on any atom is 0.224 e. The summed E-state index contributed by atoms with van der Waals surface area (Å²) in [5.41, 5.74) is 0.665. The summed E-state index contributed by atoms with van der Waals surface area (Å²) in [6, 6.07) is 4.45. The summed E-state index contributed by atoms with van der Waals surface area (Å²) in [5, 5.41) is 21.0. The van der Waals surface area contributed by atoms with Crippen LogP contribution in [-0.2, 0) is 11.2 Å². The van der Waals surface area contributed by atoms with Crippen LogP contribution in [0.3, 0.4) is 0 Å². The van der Waals surface area contributed by atoms with Crippen LogP contribution in [0, 0.1) is 0 Å². The molecule has 0 saturated carbocycles. The monoisotopic (exact) mass is 257 g/mol. The van der Waals surface area contributed by atoms with Gasteiger partial charge in [-0.3, -0.25) is 4.79 Å². The molecular weight excluding hydrogens is 242 g/mol. The fourth-order valence-electron chi connectivity index (χ4n) is 1.44. The van der Waals surface area contributed by atoms with Crippen molar-refractivity contribution in [1.82, 2.24) is 5.32 Å². The summed E-state index contributed by atoms with van der Waals surface area (Å²) in [5.74, 6) is -0.0775. The smallest absolute Gasteiger partial charge is 0.224 e. The van der Waals surface area contributed by atoms with E-state index in [1.807, 2.05) is 6.92 Å². The Hall–Kier alpha value is -1.26. The third-order valence-electron chi connectivity index (χ3n) is 2.36. The van der Waals surface area contributed by atoms with Crippen molar-refractivity contribution < 1.29 is 15.0 Å². The molecule has 4 nitrogen and oxygen atoms in total. The predicted molar refractivity (Wildman–Crippen MR) is 66.1 cm³/mol. The van der Waals surface area contributed by atoms with Gasteiger partial charge in [0.15, 0.2) is 0 Å². The third-order valence-corrected chi connectivity index (χ3v) is 2.71. The molecule has 0 unspecified atom stereocenters. The van der Waals surface area contributed by atoms with Crippen LogP contribution in [0.1, 0.15) is 18.9 Å². The molecular formula is C12H16ClNO3. The van der Waals surface area contributed by atoms with Crippen LogP contribution in [0.5, 0.6) is 5.75 Å². The molecule has 5 heteroatoms. The number of phenols is 1. The molecule has 1 rings (SSSR count). The Labute approximate surface area is 105 Å². The van der Waals surface area contributed by atoms with E-state index in [0.29, 0.717) is 17.0 Å². The van der Waals surface area contributed by atoms with Gasteiger partial charge in [-0.2, -0.15) is 0 Å². The molecule has 0 bridgehead atoms. The standard InChI is InChI=1S/C12H16ClNO3/c1-8(4-5-15)14-12(17)6-9-2-3-10(16)7-11(9)13/h2-3,7-8,15-16H,4-6H2,1H3,(H,14,17)/t8-/m1/s1. The lowest BCUT2D eigenvalue weighted by molar-refractivity contribution is -0.121. The normalized spacial score (nSPS) is 12.2. The van der Waals surface area contributed by atoms with E-state index in [4.69, 9.17) is 16.7 Å². The van der Waals surface area contributed by atoms with E-state index < -0.39 is 0 Å². The van der Waals surface area contributed by atoms with Gasteiger partial charge in [-0.1, -0.05) is 17.7 Å². The fraction of sp³-hybridized carbons (Fsp3) is 0.417. The summed E-state index contributed by atoms with van der Waals surface area (Å²) in [6.07, 6.45) is 0.684. The Morgan fingerprint density at radius 3 is 2.82 bits per heavy atom. The lowest BCUT2D eigenvalue weighted by Gasteiger charge is -2.12. The highest BCUT2D eigenvalue weighted by Crippen LogP contribution is 2.21. The van der Waals surface area contributed by atoms with Crippen LogP contribution in [0.2, 0.25) is 5.02 Å². The number of nitrogens with one attached hydrogen (secondary N) is 1. The number of amides is 1. The van der Waals surface area contributed by atoms with Gasteiger partial charge in [0.05, 0.1) is 6.42 Å². The SMILES string of the molecule is C[C@H](CCO)NC(=O)Cc1ccc(O)cc1Cl. The minimum atomic E-state index is -0.154. The van der Waals surface area contributed by atoms with Crippen molar-refractivity contribution in [2.75, 3.05) is 6.61 Å². The summed E-state index contributed by atoms with van der Waals surface area (Å²) < 4.78 is 0. The second-order valence-corrected chi connectivity index (χ2v) is 4.34. The first-order chi connectivity index (χ1) is 8.02. The number of carbonyl (C=O) groups is 1. The van der Waals surface area contributed by atoms with E-state index in [-0.39, 0.29) is 30.7 Å².